The predicted molar refractivity (Wildman–Crippen MR) is 83.5 cm³/mol. The molecule has 2 heteroatoms. The van der Waals surface area contributed by atoms with E-state index in [-0.39, 0.29) is 5.79 Å². The Morgan fingerprint density at radius 1 is 0.579 bits per heavy atom. The highest BCUT2D eigenvalue weighted by Crippen LogP contribution is 2.27. The van der Waals surface area contributed by atoms with E-state index in [2.05, 4.69) is 27.7 Å². The summed E-state index contributed by atoms with van der Waals surface area (Å²) in [6.45, 7) is 10.1. The van der Waals surface area contributed by atoms with E-state index >= 15 is 0 Å². The van der Waals surface area contributed by atoms with Crippen LogP contribution in [0, 0.1) is 0 Å². The second-order valence-electron chi connectivity index (χ2n) is 5.40. The fourth-order valence-electron chi connectivity index (χ4n) is 2.71. The van der Waals surface area contributed by atoms with Gasteiger partial charge in [-0.25, -0.2) is 0 Å². The molecule has 0 aromatic heterocycles. The van der Waals surface area contributed by atoms with Gasteiger partial charge in [-0.3, -0.25) is 0 Å². The third-order valence-electron chi connectivity index (χ3n) is 3.61. The van der Waals surface area contributed by atoms with Crippen molar-refractivity contribution in [2.45, 2.75) is 97.7 Å². The van der Waals surface area contributed by atoms with Crippen molar-refractivity contribution in [3.8, 4) is 0 Å². The zero-order chi connectivity index (χ0) is 14.4. The van der Waals surface area contributed by atoms with Crippen molar-refractivity contribution in [2.24, 2.45) is 0 Å². The lowest BCUT2D eigenvalue weighted by molar-refractivity contribution is -0.241. The lowest BCUT2D eigenvalue weighted by atomic mass is 10.0. The molecule has 116 valence electrons. The van der Waals surface area contributed by atoms with Crippen LogP contribution in [0.4, 0.5) is 0 Å². The maximum atomic E-state index is 5.93. The summed E-state index contributed by atoms with van der Waals surface area (Å²) in [5.41, 5.74) is 0. The molecule has 0 bridgehead atoms. The highest BCUT2D eigenvalue weighted by molar-refractivity contribution is 4.70. The lowest BCUT2D eigenvalue weighted by Crippen LogP contribution is -2.36. The lowest BCUT2D eigenvalue weighted by Gasteiger charge is -2.33. The van der Waals surface area contributed by atoms with E-state index in [1.165, 1.54) is 44.9 Å². The van der Waals surface area contributed by atoms with Gasteiger partial charge in [-0.15, -0.1) is 0 Å². The van der Waals surface area contributed by atoms with Gasteiger partial charge in [0.15, 0.2) is 5.79 Å². The van der Waals surface area contributed by atoms with Crippen LogP contribution in [0.15, 0.2) is 0 Å². The molecule has 0 aromatic carbocycles. The minimum Gasteiger partial charge on any atom is -0.350 e. The van der Waals surface area contributed by atoms with Crippen LogP contribution >= 0.6 is 0 Å². The molecule has 0 aromatic rings. The zero-order valence-corrected chi connectivity index (χ0v) is 13.8. The first kappa shape index (κ1) is 18.9. The van der Waals surface area contributed by atoms with Crippen LogP contribution < -0.4 is 0 Å². The van der Waals surface area contributed by atoms with Gasteiger partial charge in [-0.05, 0) is 20.3 Å². The van der Waals surface area contributed by atoms with Crippen LogP contribution in [-0.2, 0) is 9.47 Å². The fourth-order valence-corrected chi connectivity index (χ4v) is 2.71. The molecule has 2 nitrogen and oxygen atoms in total. The van der Waals surface area contributed by atoms with Gasteiger partial charge in [-0.1, -0.05) is 58.8 Å². The minimum atomic E-state index is -0.304. The van der Waals surface area contributed by atoms with Crippen molar-refractivity contribution in [1.82, 2.24) is 0 Å². The number of hydrogen-bond donors (Lipinski definition) is 0. The van der Waals surface area contributed by atoms with Crippen LogP contribution in [0.2, 0.25) is 0 Å². The van der Waals surface area contributed by atoms with Crippen LogP contribution in [0.3, 0.4) is 0 Å². The highest BCUT2D eigenvalue weighted by Gasteiger charge is 2.29. The molecule has 0 amide bonds. The van der Waals surface area contributed by atoms with Crippen LogP contribution in [0.1, 0.15) is 91.9 Å². The summed E-state index contributed by atoms with van der Waals surface area (Å²) in [5, 5.41) is 0. The van der Waals surface area contributed by atoms with Crippen LogP contribution in [0.25, 0.3) is 0 Å². The average Bonchev–Trinajstić information content (AvgIpc) is 2.39. The standard InChI is InChI=1S/C17H36O2/c1-5-9-10-11-12-13-14-16-17(15-6-2,18-7-3)19-8-4/h5-16H2,1-4H3. The first-order valence-corrected chi connectivity index (χ1v) is 8.52. The molecule has 0 spiro atoms. The first-order valence-electron chi connectivity index (χ1n) is 8.52. The van der Waals surface area contributed by atoms with E-state index in [1.54, 1.807) is 0 Å². The Kier molecular flexibility index (Phi) is 12.9. The summed E-state index contributed by atoms with van der Waals surface area (Å²) < 4.78 is 11.9. The zero-order valence-electron chi connectivity index (χ0n) is 13.8. The van der Waals surface area contributed by atoms with Gasteiger partial charge in [0, 0.05) is 26.1 Å². The van der Waals surface area contributed by atoms with E-state index in [1.807, 2.05) is 0 Å². The normalized spacial score (nSPS) is 12.0. The molecule has 0 aliphatic rings. The molecular formula is C17H36O2. The third-order valence-corrected chi connectivity index (χ3v) is 3.61. The average molecular weight is 272 g/mol. The van der Waals surface area contributed by atoms with Crippen molar-refractivity contribution < 1.29 is 9.47 Å². The fraction of sp³-hybridized carbons (Fsp3) is 1.00. The molecule has 0 radical (unpaired) electrons. The molecule has 0 aliphatic heterocycles. The molecule has 0 fully saturated rings. The van der Waals surface area contributed by atoms with Gasteiger partial charge in [-0.2, -0.15) is 0 Å². The Hall–Kier alpha value is -0.0800. The van der Waals surface area contributed by atoms with E-state index in [9.17, 15) is 0 Å². The summed E-state index contributed by atoms with van der Waals surface area (Å²) in [5.74, 6) is -0.304. The van der Waals surface area contributed by atoms with E-state index in [0.29, 0.717) is 0 Å². The SMILES string of the molecule is CCCCCCCCCC(CCC)(OCC)OCC. The van der Waals surface area contributed by atoms with Gasteiger partial charge in [0.1, 0.15) is 0 Å². The molecule has 0 unspecified atom stereocenters. The van der Waals surface area contributed by atoms with Gasteiger partial charge in [0.25, 0.3) is 0 Å². The maximum absolute atomic E-state index is 5.93. The first-order chi connectivity index (χ1) is 9.24. The van der Waals surface area contributed by atoms with Gasteiger partial charge < -0.3 is 9.47 Å². The van der Waals surface area contributed by atoms with E-state index < -0.39 is 0 Å². The Balaban J connectivity index is 3.89. The Morgan fingerprint density at radius 3 is 1.58 bits per heavy atom. The van der Waals surface area contributed by atoms with Crippen LogP contribution in [-0.4, -0.2) is 19.0 Å². The molecular weight excluding hydrogens is 236 g/mol. The molecule has 0 atom stereocenters. The van der Waals surface area contributed by atoms with Crippen molar-refractivity contribution in [2.75, 3.05) is 13.2 Å². The summed E-state index contributed by atoms with van der Waals surface area (Å²) >= 11 is 0. The second kappa shape index (κ2) is 12.9. The maximum Gasteiger partial charge on any atom is 0.168 e. The molecule has 0 saturated heterocycles. The topological polar surface area (TPSA) is 18.5 Å². The third kappa shape index (κ3) is 9.45. The largest absolute Gasteiger partial charge is 0.350 e. The van der Waals surface area contributed by atoms with Crippen molar-refractivity contribution in [3.63, 3.8) is 0 Å². The van der Waals surface area contributed by atoms with Crippen molar-refractivity contribution in [1.29, 1.82) is 0 Å². The number of unbranched alkanes of at least 4 members (excludes halogenated alkanes) is 6. The van der Waals surface area contributed by atoms with Gasteiger partial charge >= 0.3 is 0 Å². The van der Waals surface area contributed by atoms with Crippen LogP contribution in [0.5, 0.6) is 0 Å². The molecule has 0 heterocycles. The quantitative estimate of drug-likeness (QED) is 0.298. The van der Waals surface area contributed by atoms with Gasteiger partial charge in [0.05, 0.1) is 0 Å². The van der Waals surface area contributed by atoms with Gasteiger partial charge in [0.2, 0.25) is 0 Å². The van der Waals surface area contributed by atoms with E-state index in [4.69, 9.17) is 9.47 Å². The second-order valence-corrected chi connectivity index (χ2v) is 5.40. The molecule has 0 saturated carbocycles. The summed E-state index contributed by atoms with van der Waals surface area (Å²) in [7, 11) is 0. The number of rotatable bonds is 14. The molecule has 0 aliphatic carbocycles. The number of ether oxygens (including phenoxy) is 2. The monoisotopic (exact) mass is 272 g/mol. The van der Waals surface area contributed by atoms with Crippen molar-refractivity contribution in [3.05, 3.63) is 0 Å². The molecule has 0 N–H and O–H groups in total. The molecule has 19 heavy (non-hydrogen) atoms. The smallest absolute Gasteiger partial charge is 0.168 e. The van der Waals surface area contributed by atoms with E-state index in [0.717, 1.165) is 32.5 Å². The Morgan fingerprint density at radius 2 is 1.11 bits per heavy atom. The Bertz CT molecular complexity index is 163. The highest BCUT2D eigenvalue weighted by atomic mass is 16.7. The summed E-state index contributed by atoms with van der Waals surface area (Å²) in [4.78, 5) is 0. The predicted octanol–water partition coefficient (Wildman–Crippen LogP) is 5.70. The summed E-state index contributed by atoms with van der Waals surface area (Å²) in [6, 6.07) is 0. The minimum absolute atomic E-state index is 0.304. The Labute approximate surface area is 121 Å². The molecule has 0 rings (SSSR count). The summed E-state index contributed by atoms with van der Waals surface area (Å²) in [6.07, 6.45) is 12.6. The van der Waals surface area contributed by atoms with Crippen molar-refractivity contribution >= 4 is 0 Å². The number of hydrogen-bond acceptors (Lipinski definition) is 2.